The Labute approximate surface area is 159 Å². The number of esters is 2. The van der Waals surface area contributed by atoms with Crippen LogP contribution in [0.3, 0.4) is 0 Å². The topological polar surface area (TPSA) is 70.4 Å². The van der Waals surface area contributed by atoms with Gasteiger partial charge in [0.25, 0.3) is 0 Å². The molecular formula is C19H14ClFN2O4. The molecule has 0 atom stereocenters. The van der Waals surface area contributed by atoms with Crippen LogP contribution in [0.1, 0.15) is 20.8 Å². The highest BCUT2D eigenvalue weighted by Crippen LogP contribution is 2.31. The number of halogens is 2. The molecule has 0 unspecified atom stereocenters. The van der Waals surface area contributed by atoms with Gasteiger partial charge in [0.15, 0.2) is 5.69 Å². The summed E-state index contributed by atoms with van der Waals surface area (Å²) in [6.45, 7) is 0. The minimum atomic E-state index is -0.845. The van der Waals surface area contributed by atoms with Gasteiger partial charge < -0.3 is 9.47 Å². The van der Waals surface area contributed by atoms with Gasteiger partial charge in [0.1, 0.15) is 17.1 Å². The lowest BCUT2D eigenvalue weighted by molar-refractivity contribution is 0.0549. The Bertz CT molecular complexity index is 1020. The van der Waals surface area contributed by atoms with E-state index in [0.717, 1.165) is 13.2 Å². The number of benzene rings is 2. The van der Waals surface area contributed by atoms with Crippen LogP contribution >= 0.6 is 11.6 Å². The van der Waals surface area contributed by atoms with E-state index < -0.39 is 17.8 Å². The predicted molar refractivity (Wildman–Crippen MR) is 96.6 cm³/mol. The van der Waals surface area contributed by atoms with Crippen molar-refractivity contribution in [2.45, 2.75) is 0 Å². The van der Waals surface area contributed by atoms with E-state index in [1.54, 1.807) is 30.3 Å². The number of methoxy groups -OCH3 is 2. The van der Waals surface area contributed by atoms with Crippen LogP contribution in [0.2, 0.25) is 5.02 Å². The molecule has 0 N–H and O–H groups in total. The summed E-state index contributed by atoms with van der Waals surface area (Å²) in [6, 6.07) is 12.5. The number of para-hydroxylation sites is 1. The number of carbonyl (C=O) groups is 2. The fourth-order valence-electron chi connectivity index (χ4n) is 2.62. The molecular weight excluding hydrogens is 375 g/mol. The van der Waals surface area contributed by atoms with Gasteiger partial charge >= 0.3 is 11.9 Å². The maximum Gasteiger partial charge on any atom is 0.357 e. The molecule has 0 amide bonds. The Morgan fingerprint density at radius 3 is 2.30 bits per heavy atom. The average molecular weight is 389 g/mol. The lowest BCUT2D eigenvalue weighted by Gasteiger charge is -2.07. The van der Waals surface area contributed by atoms with Crippen LogP contribution < -0.4 is 0 Å². The van der Waals surface area contributed by atoms with Crippen molar-refractivity contribution in [3.05, 3.63) is 70.6 Å². The van der Waals surface area contributed by atoms with E-state index in [1.165, 1.54) is 23.9 Å². The molecule has 3 aromatic rings. The smallest absolute Gasteiger partial charge is 0.357 e. The van der Waals surface area contributed by atoms with Crippen LogP contribution in [0.25, 0.3) is 16.9 Å². The Hall–Kier alpha value is -3.19. The quantitative estimate of drug-likeness (QED) is 0.634. The number of carbonyl (C=O) groups excluding carboxylic acids is 2. The van der Waals surface area contributed by atoms with Crippen LogP contribution in [-0.2, 0) is 9.47 Å². The molecule has 0 aliphatic carbocycles. The van der Waals surface area contributed by atoms with Gasteiger partial charge in [-0.3, -0.25) is 0 Å². The van der Waals surface area contributed by atoms with Crippen molar-refractivity contribution in [1.82, 2.24) is 9.78 Å². The SMILES string of the molecule is COC(=O)c1c(-c2ccc(Cl)cc2F)nn(-c2ccccc2)c1C(=O)OC. The first-order chi connectivity index (χ1) is 13.0. The van der Waals surface area contributed by atoms with Gasteiger partial charge in [-0.05, 0) is 30.3 Å². The molecule has 0 spiro atoms. The van der Waals surface area contributed by atoms with Gasteiger partial charge in [-0.15, -0.1) is 0 Å². The molecule has 0 aliphatic heterocycles. The van der Waals surface area contributed by atoms with Crippen molar-refractivity contribution >= 4 is 23.5 Å². The van der Waals surface area contributed by atoms with Gasteiger partial charge in [-0.2, -0.15) is 5.10 Å². The zero-order valence-electron chi connectivity index (χ0n) is 14.4. The fraction of sp³-hybridized carbons (Fsp3) is 0.105. The Kier molecular flexibility index (Phi) is 5.23. The van der Waals surface area contributed by atoms with Crippen molar-refractivity contribution in [2.24, 2.45) is 0 Å². The summed E-state index contributed by atoms with van der Waals surface area (Å²) in [5.41, 5.74) is 0.0675. The molecule has 1 heterocycles. The molecule has 0 bridgehead atoms. The molecule has 0 fully saturated rings. The lowest BCUT2D eigenvalue weighted by Crippen LogP contribution is -2.15. The van der Waals surface area contributed by atoms with Crippen LogP contribution in [0.4, 0.5) is 4.39 Å². The van der Waals surface area contributed by atoms with Gasteiger partial charge in [-0.25, -0.2) is 18.7 Å². The third-order valence-electron chi connectivity index (χ3n) is 3.84. The second kappa shape index (κ2) is 7.59. The second-order valence-electron chi connectivity index (χ2n) is 5.43. The van der Waals surface area contributed by atoms with Crippen molar-refractivity contribution in [1.29, 1.82) is 0 Å². The van der Waals surface area contributed by atoms with E-state index >= 15 is 0 Å². The number of hydrogen-bond acceptors (Lipinski definition) is 5. The minimum Gasteiger partial charge on any atom is -0.465 e. The van der Waals surface area contributed by atoms with E-state index in [4.69, 9.17) is 21.1 Å². The van der Waals surface area contributed by atoms with Crippen molar-refractivity contribution in [3.63, 3.8) is 0 Å². The van der Waals surface area contributed by atoms with Crippen LogP contribution in [-0.4, -0.2) is 35.9 Å². The van der Waals surface area contributed by atoms with Crippen LogP contribution in [0.5, 0.6) is 0 Å². The monoisotopic (exact) mass is 388 g/mol. The molecule has 1 aromatic heterocycles. The van der Waals surface area contributed by atoms with Crippen molar-refractivity contribution in [3.8, 4) is 16.9 Å². The number of nitrogens with zero attached hydrogens (tertiary/aromatic N) is 2. The Balaban J connectivity index is 2.38. The normalized spacial score (nSPS) is 10.5. The summed E-state index contributed by atoms with van der Waals surface area (Å²) in [7, 11) is 2.33. The summed E-state index contributed by atoms with van der Waals surface area (Å²) >= 11 is 5.81. The first-order valence-electron chi connectivity index (χ1n) is 7.78. The van der Waals surface area contributed by atoms with E-state index in [9.17, 15) is 14.0 Å². The zero-order valence-corrected chi connectivity index (χ0v) is 15.2. The molecule has 3 rings (SSSR count). The maximum absolute atomic E-state index is 14.5. The third kappa shape index (κ3) is 3.41. The predicted octanol–water partition coefficient (Wildman–Crippen LogP) is 3.91. The van der Waals surface area contributed by atoms with Crippen LogP contribution in [0.15, 0.2) is 48.5 Å². The average Bonchev–Trinajstić information content (AvgIpc) is 3.07. The molecule has 2 aromatic carbocycles. The van der Waals surface area contributed by atoms with Crippen molar-refractivity contribution < 1.29 is 23.5 Å². The molecule has 27 heavy (non-hydrogen) atoms. The van der Waals surface area contributed by atoms with E-state index in [2.05, 4.69) is 5.10 Å². The molecule has 0 saturated heterocycles. The van der Waals surface area contributed by atoms with E-state index in [1.807, 2.05) is 0 Å². The maximum atomic E-state index is 14.5. The summed E-state index contributed by atoms with van der Waals surface area (Å²) in [6.07, 6.45) is 0. The molecule has 8 heteroatoms. The molecule has 0 saturated carbocycles. The highest BCUT2D eigenvalue weighted by molar-refractivity contribution is 6.30. The van der Waals surface area contributed by atoms with Crippen LogP contribution in [0, 0.1) is 5.82 Å². The standard InChI is InChI=1S/C19H14ClFN2O4/c1-26-18(24)15-16(13-9-8-11(20)10-14(13)21)22-23(17(15)19(25)27-2)12-6-4-3-5-7-12/h3-10H,1-2H3. The number of aromatic nitrogens is 2. The van der Waals surface area contributed by atoms with E-state index in [0.29, 0.717) is 5.69 Å². The van der Waals surface area contributed by atoms with Gasteiger partial charge in [0.05, 0.1) is 19.9 Å². The molecule has 0 aliphatic rings. The number of rotatable bonds is 4. The van der Waals surface area contributed by atoms with Gasteiger partial charge in [0.2, 0.25) is 0 Å². The Morgan fingerprint density at radius 1 is 1.04 bits per heavy atom. The summed E-state index contributed by atoms with van der Waals surface area (Å²) < 4.78 is 25.3. The summed E-state index contributed by atoms with van der Waals surface area (Å²) in [4.78, 5) is 24.9. The number of ether oxygens (including phenoxy) is 2. The summed E-state index contributed by atoms with van der Waals surface area (Å²) in [5.74, 6) is -2.35. The molecule has 0 radical (unpaired) electrons. The Morgan fingerprint density at radius 2 is 1.70 bits per heavy atom. The molecule has 138 valence electrons. The fourth-order valence-corrected chi connectivity index (χ4v) is 2.78. The largest absolute Gasteiger partial charge is 0.465 e. The second-order valence-corrected chi connectivity index (χ2v) is 5.86. The highest BCUT2D eigenvalue weighted by atomic mass is 35.5. The molecule has 6 nitrogen and oxygen atoms in total. The first kappa shape index (κ1) is 18.6. The van der Waals surface area contributed by atoms with Gasteiger partial charge in [0, 0.05) is 10.6 Å². The zero-order chi connectivity index (χ0) is 19.6. The van der Waals surface area contributed by atoms with E-state index in [-0.39, 0.29) is 27.5 Å². The number of hydrogen-bond donors (Lipinski definition) is 0. The third-order valence-corrected chi connectivity index (χ3v) is 4.08. The lowest BCUT2D eigenvalue weighted by atomic mass is 10.0. The highest BCUT2D eigenvalue weighted by Gasteiger charge is 2.32. The minimum absolute atomic E-state index is 0.000339. The first-order valence-corrected chi connectivity index (χ1v) is 8.16. The summed E-state index contributed by atoms with van der Waals surface area (Å²) in [5, 5.41) is 4.50. The van der Waals surface area contributed by atoms with Crippen molar-refractivity contribution in [2.75, 3.05) is 14.2 Å². The van der Waals surface area contributed by atoms with Gasteiger partial charge in [-0.1, -0.05) is 29.8 Å².